The second kappa shape index (κ2) is 10.1. The average Bonchev–Trinajstić information content (AvgIpc) is 2.70. The Morgan fingerprint density at radius 1 is 0.885 bits per heavy atom. The molecule has 0 aliphatic heterocycles. The summed E-state index contributed by atoms with van der Waals surface area (Å²) in [5.41, 5.74) is 0.950. The number of ether oxygens (including phenoxy) is 2. The third-order valence-corrected chi connectivity index (χ3v) is 3.83. The lowest BCUT2D eigenvalue weighted by molar-refractivity contribution is 0.0841. The van der Waals surface area contributed by atoms with Crippen molar-refractivity contribution in [2.75, 3.05) is 25.8 Å². The highest BCUT2D eigenvalue weighted by atomic mass is 35.5. The maximum atomic E-state index is 12.5. The van der Waals surface area contributed by atoms with E-state index in [-0.39, 0.29) is 24.9 Å². The van der Waals surface area contributed by atoms with Crippen molar-refractivity contribution in [3.8, 4) is 11.5 Å². The predicted molar refractivity (Wildman–Crippen MR) is 96.0 cm³/mol. The lowest BCUT2D eigenvalue weighted by Gasteiger charge is -2.10. The average molecular weight is 383 g/mol. The van der Waals surface area contributed by atoms with Crippen LogP contribution in [0.3, 0.4) is 0 Å². The monoisotopic (exact) mass is 382 g/mol. The zero-order valence-corrected chi connectivity index (χ0v) is 14.7. The summed E-state index contributed by atoms with van der Waals surface area (Å²) in [6, 6.07) is 12.9. The number of ketones is 1. The van der Waals surface area contributed by atoms with Crippen LogP contribution in [0.2, 0.25) is 0 Å². The second-order valence-electron chi connectivity index (χ2n) is 5.62. The van der Waals surface area contributed by atoms with Gasteiger partial charge in [0.15, 0.2) is 5.78 Å². The molecule has 2 unspecified atom stereocenters. The Kier molecular flexibility index (Phi) is 7.84. The first-order valence-corrected chi connectivity index (χ1v) is 8.55. The molecular formula is C19H20ClFO5. The number of carbonyl (C=O) groups excluding carboxylic acids is 1. The molecule has 0 aliphatic rings. The molecule has 2 N–H and O–H groups in total. The largest absolute Gasteiger partial charge is 0.491 e. The number of benzene rings is 2. The van der Waals surface area contributed by atoms with Crippen molar-refractivity contribution < 1.29 is 28.9 Å². The first-order valence-electron chi connectivity index (χ1n) is 8.02. The van der Waals surface area contributed by atoms with E-state index >= 15 is 0 Å². The topological polar surface area (TPSA) is 76.0 Å². The Morgan fingerprint density at radius 3 is 1.69 bits per heavy atom. The van der Waals surface area contributed by atoms with Gasteiger partial charge in [-0.15, -0.1) is 11.6 Å². The Hall–Kier alpha value is -2.15. The van der Waals surface area contributed by atoms with E-state index < -0.39 is 18.9 Å². The van der Waals surface area contributed by atoms with Crippen LogP contribution >= 0.6 is 11.6 Å². The van der Waals surface area contributed by atoms with Gasteiger partial charge in [-0.2, -0.15) is 0 Å². The van der Waals surface area contributed by atoms with E-state index in [9.17, 15) is 14.3 Å². The molecule has 2 aromatic carbocycles. The summed E-state index contributed by atoms with van der Waals surface area (Å²) in [7, 11) is 0. The number of alkyl halides is 2. The highest BCUT2D eigenvalue weighted by Gasteiger charge is 2.11. The zero-order valence-electron chi connectivity index (χ0n) is 14.0. The van der Waals surface area contributed by atoms with Crippen molar-refractivity contribution in [1.29, 1.82) is 0 Å². The fourth-order valence-electron chi connectivity index (χ4n) is 2.05. The number of rotatable bonds is 10. The van der Waals surface area contributed by atoms with Crippen molar-refractivity contribution in [1.82, 2.24) is 0 Å². The molecule has 0 aromatic heterocycles. The third-order valence-electron chi connectivity index (χ3n) is 3.47. The van der Waals surface area contributed by atoms with Gasteiger partial charge in [-0.05, 0) is 48.5 Å². The molecule has 0 heterocycles. The fourth-order valence-corrected chi connectivity index (χ4v) is 2.13. The number of hydrogen-bond acceptors (Lipinski definition) is 5. The maximum Gasteiger partial charge on any atom is 0.193 e. The molecule has 0 amide bonds. The Balaban J connectivity index is 1.95. The Morgan fingerprint density at radius 2 is 1.31 bits per heavy atom. The highest BCUT2D eigenvalue weighted by Crippen LogP contribution is 2.18. The molecule has 0 fully saturated rings. The quantitative estimate of drug-likeness (QED) is 0.488. The van der Waals surface area contributed by atoms with E-state index in [0.717, 1.165) is 0 Å². The van der Waals surface area contributed by atoms with E-state index in [1.165, 1.54) is 0 Å². The molecule has 140 valence electrons. The van der Waals surface area contributed by atoms with Gasteiger partial charge in [0.1, 0.15) is 43.6 Å². The Labute approximate surface area is 155 Å². The van der Waals surface area contributed by atoms with Gasteiger partial charge in [0.05, 0.1) is 5.88 Å². The van der Waals surface area contributed by atoms with Crippen LogP contribution in [0.1, 0.15) is 15.9 Å². The molecule has 0 saturated carbocycles. The summed E-state index contributed by atoms with van der Waals surface area (Å²) in [6.45, 7) is -0.944. The molecule has 0 aliphatic carbocycles. The van der Waals surface area contributed by atoms with Crippen LogP contribution in [0.25, 0.3) is 0 Å². The maximum absolute atomic E-state index is 12.5. The lowest BCUT2D eigenvalue weighted by atomic mass is 10.0. The van der Waals surface area contributed by atoms with Crippen LogP contribution in [0, 0.1) is 0 Å². The number of aliphatic hydroxyl groups is 2. The van der Waals surface area contributed by atoms with Gasteiger partial charge in [-0.1, -0.05) is 0 Å². The fraction of sp³-hybridized carbons (Fsp3) is 0.316. The van der Waals surface area contributed by atoms with Crippen molar-refractivity contribution in [2.24, 2.45) is 0 Å². The van der Waals surface area contributed by atoms with Gasteiger partial charge in [0.2, 0.25) is 0 Å². The molecular weight excluding hydrogens is 363 g/mol. The van der Waals surface area contributed by atoms with E-state index in [1.54, 1.807) is 48.5 Å². The van der Waals surface area contributed by atoms with E-state index in [1.807, 2.05) is 0 Å². The van der Waals surface area contributed by atoms with Crippen LogP contribution in [0.15, 0.2) is 48.5 Å². The van der Waals surface area contributed by atoms with Crippen molar-refractivity contribution in [3.63, 3.8) is 0 Å². The minimum absolute atomic E-state index is 0.0787. The predicted octanol–water partition coefficient (Wildman–Crippen LogP) is 2.61. The second-order valence-corrected chi connectivity index (χ2v) is 5.92. The van der Waals surface area contributed by atoms with Gasteiger partial charge in [0, 0.05) is 11.1 Å². The van der Waals surface area contributed by atoms with Crippen LogP contribution < -0.4 is 9.47 Å². The van der Waals surface area contributed by atoms with Gasteiger partial charge in [0.25, 0.3) is 0 Å². The first-order chi connectivity index (χ1) is 12.5. The minimum atomic E-state index is -1.16. The molecule has 0 saturated heterocycles. The molecule has 2 atom stereocenters. The summed E-state index contributed by atoms with van der Waals surface area (Å²) in [6.07, 6.45) is -1.91. The van der Waals surface area contributed by atoms with Crippen molar-refractivity contribution in [3.05, 3.63) is 59.7 Å². The molecule has 0 radical (unpaired) electrons. The zero-order chi connectivity index (χ0) is 18.9. The highest BCUT2D eigenvalue weighted by molar-refractivity contribution is 6.18. The van der Waals surface area contributed by atoms with Crippen LogP contribution in [-0.4, -0.2) is 54.0 Å². The van der Waals surface area contributed by atoms with Crippen molar-refractivity contribution in [2.45, 2.75) is 12.2 Å². The third kappa shape index (κ3) is 5.98. The normalized spacial score (nSPS) is 13.1. The Bertz CT molecular complexity index is 631. The van der Waals surface area contributed by atoms with Gasteiger partial charge < -0.3 is 19.7 Å². The number of carbonyl (C=O) groups is 1. The first kappa shape index (κ1) is 20.2. The SMILES string of the molecule is O=C(c1ccc(OCC(O)CF)cc1)c1ccc(OCC(O)CCl)cc1. The van der Waals surface area contributed by atoms with Crippen LogP contribution in [-0.2, 0) is 0 Å². The standard InChI is InChI=1S/C19H20ClFO5/c20-9-15(22)11-25-17-5-1-13(2-6-17)19(24)14-3-7-18(8-4-14)26-12-16(23)10-21/h1-8,15-16,22-23H,9-12H2. The van der Waals surface area contributed by atoms with E-state index in [2.05, 4.69) is 0 Å². The van der Waals surface area contributed by atoms with E-state index in [4.69, 9.17) is 26.2 Å². The summed E-state index contributed by atoms with van der Waals surface area (Å²) in [5, 5.41) is 18.5. The van der Waals surface area contributed by atoms with E-state index in [0.29, 0.717) is 22.6 Å². The number of halogens is 2. The molecule has 7 heteroatoms. The lowest BCUT2D eigenvalue weighted by Crippen LogP contribution is -2.19. The summed E-state index contributed by atoms with van der Waals surface area (Å²) in [5.74, 6) is 0.882. The molecule has 5 nitrogen and oxygen atoms in total. The van der Waals surface area contributed by atoms with Crippen LogP contribution in [0.5, 0.6) is 11.5 Å². The van der Waals surface area contributed by atoms with Gasteiger partial charge in [-0.3, -0.25) is 4.79 Å². The summed E-state index contributed by atoms with van der Waals surface area (Å²) >= 11 is 5.49. The summed E-state index contributed by atoms with van der Waals surface area (Å²) < 4.78 is 22.8. The van der Waals surface area contributed by atoms with Crippen LogP contribution in [0.4, 0.5) is 4.39 Å². The molecule has 2 rings (SSSR count). The van der Waals surface area contributed by atoms with Crippen molar-refractivity contribution >= 4 is 17.4 Å². The van der Waals surface area contributed by atoms with Gasteiger partial charge in [-0.25, -0.2) is 4.39 Å². The molecule has 0 spiro atoms. The molecule has 26 heavy (non-hydrogen) atoms. The smallest absolute Gasteiger partial charge is 0.193 e. The molecule has 2 aromatic rings. The number of aliphatic hydroxyl groups excluding tert-OH is 2. The molecule has 0 bridgehead atoms. The minimum Gasteiger partial charge on any atom is -0.491 e. The number of hydrogen-bond donors (Lipinski definition) is 2. The van der Waals surface area contributed by atoms with Gasteiger partial charge >= 0.3 is 0 Å². The summed E-state index contributed by atoms with van der Waals surface area (Å²) in [4.78, 5) is 12.5.